The van der Waals surface area contributed by atoms with Crippen molar-refractivity contribution in [2.75, 3.05) is 19.6 Å². The van der Waals surface area contributed by atoms with Crippen molar-refractivity contribution in [2.45, 2.75) is 43.7 Å². The molecule has 4 nitrogen and oxygen atoms in total. The third-order valence-electron chi connectivity index (χ3n) is 6.78. The van der Waals surface area contributed by atoms with Crippen molar-refractivity contribution in [1.29, 1.82) is 0 Å². The molecule has 0 aromatic heterocycles. The Labute approximate surface area is 171 Å². The molecule has 0 amide bonds. The quantitative estimate of drug-likeness (QED) is 0.759. The van der Waals surface area contributed by atoms with E-state index in [0.29, 0.717) is 6.04 Å². The molecule has 1 saturated carbocycles. The summed E-state index contributed by atoms with van der Waals surface area (Å²) in [6.07, 6.45) is 6.50. The first-order valence-electron chi connectivity index (χ1n) is 10.6. The molecule has 2 aromatic carbocycles. The first kappa shape index (κ1) is 20.0. The zero-order valence-corrected chi connectivity index (χ0v) is 16.7. The van der Waals surface area contributed by atoms with E-state index in [9.17, 15) is 4.39 Å². The lowest BCUT2D eigenvalue weighted by molar-refractivity contribution is -0.122. The van der Waals surface area contributed by atoms with Gasteiger partial charge in [0.2, 0.25) is 0 Å². The van der Waals surface area contributed by atoms with Gasteiger partial charge in [-0.3, -0.25) is 4.79 Å². The van der Waals surface area contributed by atoms with Gasteiger partial charge in [0.15, 0.2) is 0 Å². The molecule has 4 fully saturated rings. The molecule has 3 heterocycles. The van der Waals surface area contributed by atoms with E-state index in [4.69, 9.17) is 9.90 Å². The predicted octanol–water partition coefficient (Wildman–Crippen LogP) is 4.26. The third-order valence-corrected chi connectivity index (χ3v) is 6.78. The largest absolute Gasteiger partial charge is 0.483 e. The van der Waals surface area contributed by atoms with Crippen molar-refractivity contribution in [3.05, 3.63) is 59.9 Å². The number of hydrogen-bond donors (Lipinski definition) is 2. The minimum atomic E-state index is -0.250. The second kappa shape index (κ2) is 8.64. The summed E-state index contributed by atoms with van der Waals surface area (Å²) in [7, 11) is 0. The van der Waals surface area contributed by atoms with Crippen LogP contribution >= 0.6 is 0 Å². The summed E-state index contributed by atoms with van der Waals surface area (Å²) in [6.45, 7) is 3.60. The highest BCUT2D eigenvalue weighted by Crippen LogP contribution is 2.47. The molecular formula is C24H29FN2O2. The summed E-state index contributed by atoms with van der Waals surface area (Å²) >= 11 is 0. The molecule has 6 rings (SSSR count). The minimum Gasteiger partial charge on any atom is -0.483 e. The van der Waals surface area contributed by atoms with Crippen LogP contribution in [0.1, 0.15) is 37.7 Å². The first-order chi connectivity index (χ1) is 14.1. The standard InChI is InChI=1S/C23H27FN2.CH2O2/c24-21-7-3-18(4-8-21)17-1-5-20(6-2-17)23(12-13-23)25-22-11-16-26-14-9-19(22)10-15-26;2-1-3/h1-8,19,22,25H,9-16H2;1H,(H,2,3). The molecule has 1 aliphatic carbocycles. The number of carboxylic acid groups (broad SMARTS) is 1. The van der Waals surface area contributed by atoms with Crippen molar-refractivity contribution < 1.29 is 14.3 Å². The van der Waals surface area contributed by atoms with Crippen LogP contribution in [0.15, 0.2) is 48.5 Å². The van der Waals surface area contributed by atoms with E-state index in [-0.39, 0.29) is 17.8 Å². The topological polar surface area (TPSA) is 52.6 Å². The van der Waals surface area contributed by atoms with Gasteiger partial charge < -0.3 is 15.3 Å². The first-order valence-corrected chi connectivity index (χ1v) is 10.6. The number of carbonyl (C=O) groups is 1. The van der Waals surface area contributed by atoms with Crippen LogP contribution in [0.3, 0.4) is 0 Å². The Balaban J connectivity index is 0.000000645. The second-order valence-corrected chi connectivity index (χ2v) is 8.49. The van der Waals surface area contributed by atoms with Crippen LogP contribution in [0.4, 0.5) is 4.39 Å². The summed E-state index contributed by atoms with van der Waals surface area (Å²) in [6, 6.07) is 16.4. The maximum absolute atomic E-state index is 13.1. The van der Waals surface area contributed by atoms with Crippen LogP contribution in [0, 0.1) is 11.7 Å². The van der Waals surface area contributed by atoms with Crippen molar-refractivity contribution >= 4 is 6.47 Å². The summed E-state index contributed by atoms with van der Waals surface area (Å²) in [5.74, 6) is 0.671. The van der Waals surface area contributed by atoms with Crippen molar-refractivity contribution in [3.63, 3.8) is 0 Å². The second-order valence-electron chi connectivity index (χ2n) is 8.49. The smallest absolute Gasteiger partial charge is 0.290 e. The summed E-state index contributed by atoms with van der Waals surface area (Å²) in [5.41, 5.74) is 3.85. The van der Waals surface area contributed by atoms with Gasteiger partial charge in [-0.1, -0.05) is 36.4 Å². The van der Waals surface area contributed by atoms with E-state index in [0.717, 1.165) is 17.0 Å². The molecule has 1 atom stereocenters. The Bertz CT molecular complexity index is 810. The Morgan fingerprint density at radius 2 is 1.45 bits per heavy atom. The Hall–Kier alpha value is -2.24. The molecule has 2 bridgehead atoms. The van der Waals surface area contributed by atoms with Crippen LogP contribution < -0.4 is 5.32 Å². The van der Waals surface area contributed by atoms with Gasteiger partial charge in [0.25, 0.3) is 6.47 Å². The molecule has 3 aliphatic heterocycles. The molecular weight excluding hydrogens is 367 g/mol. The van der Waals surface area contributed by atoms with Crippen molar-refractivity contribution in [1.82, 2.24) is 10.2 Å². The number of rotatable bonds is 4. The van der Waals surface area contributed by atoms with Crippen LogP contribution in [0.25, 0.3) is 11.1 Å². The van der Waals surface area contributed by atoms with Gasteiger partial charge in [-0.25, -0.2) is 4.39 Å². The molecule has 3 saturated heterocycles. The number of nitrogens with zero attached hydrogens (tertiary/aromatic N) is 1. The summed E-state index contributed by atoms with van der Waals surface area (Å²) in [5, 5.41) is 11.0. The fourth-order valence-corrected chi connectivity index (χ4v) is 4.95. The fourth-order valence-electron chi connectivity index (χ4n) is 4.95. The minimum absolute atomic E-state index is 0.180. The van der Waals surface area contributed by atoms with Gasteiger partial charge >= 0.3 is 0 Å². The fraction of sp³-hybridized carbons (Fsp3) is 0.458. The molecule has 4 aliphatic rings. The predicted molar refractivity (Wildman–Crippen MR) is 112 cm³/mol. The Morgan fingerprint density at radius 3 is 2.00 bits per heavy atom. The summed E-state index contributed by atoms with van der Waals surface area (Å²) in [4.78, 5) is 11.0. The number of benzene rings is 2. The van der Waals surface area contributed by atoms with Gasteiger partial charge in [-0.05, 0) is 86.5 Å². The van der Waals surface area contributed by atoms with Crippen LogP contribution in [0.5, 0.6) is 0 Å². The van der Waals surface area contributed by atoms with Gasteiger partial charge in [0.1, 0.15) is 5.82 Å². The Kier molecular flexibility index (Phi) is 5.97. The number of hydrogen-bond acceptors (Lipinski definition) is 3. The monoisotopic (exact) mass is 396 g/mol. The van der Waals surface area contributed by atoms with E-state index in [2.05, 4.69) is 34.5 Å². The average molecular weight is 397 g/mol. The number of halogens is 1. The summed E-state index contributed by atoms with van der Waals surface area (Å²) < 4.78 is 13.1. The highest BCUT2D eigenvalue weighted by atomic mass is 19.1. The lowest BCUT2D eigenvalue weighted by atomic mass is 9.89. The highest BCUT2D eigenvalue weighted by Gasteiger charge is 2.47. The van der Waals surface area contributed by atoms with Gasteiger partial charge in [0.05, 0.1) is 0 Å². The molecule has 0 spiro atoms. The molecule has 154 valence electrons. The van der Waals surface area contributed by atoms with Gasteiger partial charge in [-0.15, -0.1) is 0 Å². The molecule has 29 heavy (non-hydrogen) atoms. The maximum Gasteiger partial charge on any atom is 0.290 e. The zero-order chi connectivity index (χ0) is 20.3. The SMILES string of the molecule is Fc1ccc(-c2ccc(C3(NC4CCN5CCC4CC5)CC3)cc2)cc1.O=CO. The zero-order valence-electron chi connectivity index (χ0n) is 16.7. The molecule has 0 radical (unpaired) electrons. The van der Waals surface area contributed by atoms with Crippen LogP contribution in [-0.2, 0) is 10.3 Å². The highest BCUT2D eigenvalue weighted by molar-refractivity contribution is 5.64. The number of piperidine rings is 1. The average Bonchev–Trinajstić information content (AvgIpc) is 3.57. The van der Waals surface area contributed by atoms with Crippen LogP contribution in [0.2, 0.25) is 0 Å². The molecule has 2 aromatic rings. The lowest BCUT2D eigenvalue weighted by Crippen LogP contribution is -2.43. The van der Waals surface area contributed by atoms with E-state index in [1.165, 1.54) is 69.4 Å². The Morgan fingerprint density at radius 1 is 0.931 bits per heavy atom. The van der Waals surface area contributed by atoms with E-state index < -0.39 is 0 Å². The van der Waals surface area contributed by atoms with E-state index in [1.54, 1.807) is 0 Å². The number of nitrogens with one attached hydrogen (secondary N) is 1. The molecule has 5 heteroatoms. The third kappa shape index (κ3) is 4.51. The van der Waals surface area contributed by atoms with Crippen LogP contribution in [-0.4, -0.2) is 42.2 Å². The number of fused-ring (bicyclic) bond motifs is 4. The lowest BCUT2D eigenvalue weighted by Gasteiger charge is -2.32. The molecule has 1 unspecified atom stereocenters. The van der Waals surface area contributed by atoms with E-state index >= 15 is 0 Å². The van der Waals surface area contributed by atoms with Gasteiger partial charge in [-0.2, -0.15) is 0 Å². The van der Waals surface area contributed by atoms with Gasteiger partial charge in [0, 0.05) is 11.6 Å². The van der Waals surface area contributed by atoms with Crippen molar-refractivity contribution in [2.24, 2.45) is 5.92 Å². The maximum atomic E-state index is 13.1. The molecule has 2 N–H and O–H groups in total. The van der Waals surface area contributed by atoms with E-state index in [1.807, 2.05) is 12.1 Å². The normalized spacial score (nSPS) is 26.7. The van der Waals surface area contributed by atoms with Crippen molar-refractivity contribution in [3.8, 4) is 11.1 Å².